The fourth-order valence-electron chi connectivity index (χ4n) is 6.48. The van der Waals surface area contributed by atoms with E-state index in [0.717, 1.165) is 83.5 Å². The van der Waals surface area contributed by atoms with Crippen LogP contribution >= 0.6 is 7.82 Å². The fourth-order valence-corrected chi connectivity index (χ4v) is 7.46. The topological polar surface area (TPSA) is 210 Å². The summed E-state index contributed by atoms with van der Waals surface area (Å²) in [6.45, 7) is 3.21. The highest BCUT2D eigenvalue weighted by molar-refractivity contribution is 7.47. The van der Waals surface area contributed by atoms with Gasteiger partial charge in [-0.2, -0.15) is 0 Å². The van der Waals surface area contributed by atoms with Crippen LogP contribution in [0.5, 0.6) is 0 Å². The molecule has 59 heavy (non-hydrogen) atoms. The van der Waals surface area contributed by atoms with Gasteiger partial charge in [0.1, 0.15) is 43.2 Å². The smallest absolute Gasteiger partial charge is 0.462 e. The van der Waals surface area contributed by atoms with Crippen molar-refractivity contribution in [2.24, 2.45) is 0 Å². The van der Waals surface area contributed by atoms with E-state index in [4.69, 9.17) is 18.5 Å². The third kappa shape index (κ3) is 28.1. The number of aliphatic hydroxyl groups is 5. The van der Waals surface area contributed by atoms with Crippen LogP contribution in [0.2, 0.25) is 0 Å². The summed E-state index contributed by atoms with van der Waals surface area (Å²) >= 11 is 0. The highest BCUT2D eigenvalue weighted by Gasteiger charge is 2.51. The van der Waals surface area contributed by atoms with Gasteiger partial charge in [-0.25, -0.2) is 4.57 Å². The molecule has 6 N–H and O–H groups in total. The summed E-state index contributed by atoms with van der Waals surface area (Å²) < 4.78 is 33.5. The van der Waals surface area contributed by atoms with Crippen molar-refractivity contribution < 1.29 is 63.1 Å². The Morgan fingerprint density at radius 3 is 1.51 bits per heavy atom. The third-order valence-electron chi connectivity index (χ3n) is 10.2. The maximum Gasteiger partial charge on any atom is 0.472 e. The van der Waals surface area contributed by atoms with Gasteiger partial charge < -0.3 is 39.9 Å². The number of hydrogen-bond acceptors (Lipinski definition) is 12. The average molecular weight is 859 g/mol. The second-order valence-electron chi connectivity index (χ2n) is 15.6. The first-order chi connectivity index (χ1) is 28.4. The number of carbonyl (C=O) groups excluding carboxylic acids is 2. The lowest BCUT2D eigenvalue weighted by molar-refractivity contribution is -0.220. The quantitative estimate of drug-likeness (QED) is 0.0115. The zero-order valence-electron chi connectivity index (χ0n) is 36.0. The second-order valence-corrected chi connectivity index (χ2v) is 17.0. The van der Waals surface area contributed by atoms with Crippen LogP contribution in [0.4, 0.5) is 0 Å². The molecule has 0 bridgehead atoms. The van der Waals surface area contributed by atoms with Gasteiger partial charge in [-0.3, -0.25) is 18.6 Å². The molecule has 1 aliphatic rings. The van der Waals surface area contributed by atoms with E-state index in [0.29, 0.717) is 12.8 Å². The minimum Gasteiger partial charge on any atom is -0.462 e. The van der Waals surface area contributed by atoms with Crippen LogP contribution in [0.1, 0.15) is 168 Å². The van der Waals surface area contributed by atoms with E-state index in [1.165, 1.54) is 44.9 Å². The van der Waals surface area contributed by atoms with E-state index in [9.17, 15) is 44.6 Å². The van der Waals surface area contributed by atoms with Crippen molar-refractivity contribution in [1.29, 1.82) is 0 Å². The first kappa shape index (κ1) is 54.8. The summed E-state index contributed by atoms with van der Waals surface area (Å²) in [4.78, 5) is 35.6. The molecule has 0 radical (unpaired) electrons. The van der Waals surface area contributed by atoms with Crippen molar-refractivity contribution in [1.82, 2.24) is 0 Å². The van der Waals surface area contributed by atoms with Crippen LogP contribution < -0.4 is 0 Å². The summed E-state index contributed by atoms with van der Waals surface area (Å²) in [6.07, 6.45) is 27.3. The first-order valence-corrected chi connectivity index (χ1v) is 24.0. The Kier molecular flexibility index (Phi) is 32.9. The Morgan fingerprint density at radius 1 is 0.542 bits per heavy atom. The molecule has 0 aliphatic heterocycles. The standard InChI is InChI=1S/C45H79O13P/c1-3-5-7-9-11-13-15-17-19-21-23-25-27-29-31-33-38(46)55-35-37(36-56-59(53,54)58-45-43(51)41(49)40(48)42(50)44(45)52)57-39(47)34-32-30-28-26-24-22-20-18-16-14-12-10-8-6-4-2/h12-15,17-20,37,40-45,48-52H,3-11,16,21-36H2,1-2H3,(H,53,54)/b14-12+,15-13+,19-17+,20-18+/t37-,40?,41-,42?,43?,44?,45?/m1/s1. The summed E-state index contributed by atoms with van der Waals surface area (Å²) in [5.74, 6) is -1.14. The van der Waals surface area contributed by atoms with Crippen LogP contribution in [0.15, 0.2) is 48.6 Å². The maximum atomic E-state index is 12.8. The summed E-state index contributed by atoms with van der Waals surface area (Å²) in [5.41, 5.74) is 0. The molecule has 0 aromatic heterocycles. The lowest BCUT2D eigenvalue weighted by Gasteiger charge is -2.41. The van der Waals surface area contributed by atoms with Crippen molar-refractivity contribution in [2.45, 2.75) is 211 Å². The Labute approximate surface area is 354 Å². The molecule has 6 unspecified atom stereocenters. The molecular weight excluding hydrogens is 779 g/mol. The van der Waals surface area contributed by atoms with E-state index in [2.05, 4.69) is 62.5 Å². The molecule has 0 amide bonds. The molecule has 14 heteroatoms. The van der Waals surface area contributed by atoms with Crippen LogP contribution in [-0.2, 0) is 32.7 Å². The maximum absolute atomic E-state index is 12.8. The van der Waals surface area contributed by atoms with Gasteiger partial charge in [0.25, 0.3) is 0 Å². The predicted octanol–water partition coefficient (Wildman–Crippen LogP) is 8.39. The summed E-state index contributed by atoms with van der Waals surface area (Å²) in [5, 5.41) is 50.1. The van der Waals surface area contributed by atoms with Crippen molar-refractivity contribution in [3.8, 4) is 0 Å². The minimum absolute atomic E-state index is 0.0758. The Hall–Kier alpha value is -2.19. The first-order valence-electron chi connectivity index (χ1n) is 22.5. The fraction of sp³-hybridized carbons (Fsp3) is 0.778. The Bertz CT molecular complexity index is 1220. The number of carbonyl (C=O) groups is 2. The zero-order chi connectivity index (χ0) is 43.6. The number of unbranched alkanes of at least 4 members (excludes halogenated alkanes) is 17. The number of aliphatic hydroxyl groups excluding tert-OH is 5. The van der Waals surface area contributed by atoms with Gasteiger partial charge in [-0.05, 0) is 70.6 Å². The Balaban J connectivity index is 2.50. The summed E-state index contributed by atoms with van der Waals surface area (Å²) in [7, 11) is -5.12. The molecule has 1 rings (SSSR count). The molecule has 13 nitrogen and oxygen atoms in total. The van der Waals surface area contributed by atoms with E-state index in [-0.39, 0.29) is 12.8 Å². The van der Waals surface area contributed by atoms with Gasteiger partial charge in [0, 0.05) is 12.8 Å². The SMILES string of the molecule is CCCCC/C=C/C/C=C/CCCCCCCC(=O)O[C@H](COC(=O)CCCCCCC/C=C/C=C/CCCCCC)COP(=O)(O)OC1C(O)C(O)C(O)[C@@H](O)C1O. The number of phosphoric ester groups is 1. The van der Waals surface area contributed by atoms with Crippen molar-refractivity contribution in [3.63, 3.8) is 0 Å². The second kappa shape index (κ2) is 35.4. The van der Waals surface area contributed by atoms with Gasteiger partial charge >= 0.3 is 19.8 Å². The van der Waals surface area contributed by atoms with Gasteiger partial charge in [0.05, 0.1) is 6.61 Å². The van der Waals surface area contributed by atoms with Gasteiger partial charge in [-0.15, -0.1) is 0 Å². The molecular formula is C45H79O13P. The number of esters is 2. The average Bonchev–Trinajstić information content (AvgIpc) is 3.21. The van der Waals surface area contributed by atoms with E-state index >= 15 is 0 Å². The number of ether oxygens (including phenoxy) is 2. The van der Waals surface area contributed by atoms with Crippen LogP contribution in [0.3, 0.4) is 0 Å². The number of rotatable bonds is 36. The molecule has 0 heterocycles. The van der Waals surface area contributed by atoms with Gasteiger partial charge in [0.15, 0.2) is 6.10 Å². The number of allylic oxidation sites excluding steroid dienone is 8. The molecule has 0 saturated heterocycles. The van der Waals surface area contributed by atoms with Crippen LogP contribution in [-0.4, -0.2) is 98.3 Å². The molecule has 0 aromatic carbocycles. The van der Waals surface area contributed by atoms with Gasteiger partial charge in [0.2, 0.25) is 0 Å². The van der Waals surface area contributed by atoms with E-state index < -0.39 is 75.7 Å². The normalized spacial score (nSPS) is 22.8. The van der Waals surface area contributed by atoms with Crippen molar-refractivity contribution >= 4 is 19.8 Å². The van der Waals surface area contributed by atoms with Crippen LogP contribution in [0, 0.1) is 0 Å². The molecule has 342 valence electrons. The highest BCUT2D eigenvalue weighted by Crippen LogP contribution is 2.47. The van der Waals surface area contributed by atoms with Crippen LogP contribution in [0.25, 0.3) is 0 Å². The molecule has 8 atom stereocenters. The van der Waals surface area contributed by atoms with Crippen molar-refractivity contribution in [2.75, 3.05) is 13.2 Å². The minimum atomic E-state index is -5.12. The zero-order valence-corrected chi connectivity index (χ0v) is 36.9. The number of hydrogen-bond donors (Lipinski definition) is 6. The Morgan fingerprint density at radius 2 is 0.966 bits per heavy atom. The molecule has 0 spiro atoms. The number of phosphoric acid groups is 1. The van der Waals surface area contributed by atoms with E-state index in [1.54, 1.807) is 0 Å². The predicted molar refractivity (Wildman–Crippen MR) is 230 cm³/mol. The molecule has 1 saturated carbocycles. The van der Waals surface area contributed by atoms with Gasteiger partial charge in [-0.1, -0.05) is 133 Å². The molecule has 1 aliphatic carbocycles. The summed E-state index contributed by atoms with van der Waals surface area (Å²) in [6, 6.07) is 0. The largest absolute Gasteiger partial charge is 0.472 e. The monoisotopic (exact) mass is 859 g/mol. The molecule has 1 fully saturated rings. The van der Waals surface area contributed by atoms with E-state index in [1.807, 2.05) is 0 Å². The molecule has 0 aromatic rings. The lowest BCUT2D eigenvalue weighted by Crippen LogP contribution is -2.64. The lowest BCUT2D eigenvalue weighted by atomic mass is 9.85. The highest BCUT2D eigenvalue weighted by atomic mass is 31.2. The van der Waals surface area contributed by atoms with Crippen molar-refractivity contribution in [3.05, 3.63) is 48.6 Å². The third-order valence-corrected chi connectivity index (χ3v) is 11.2.